The Morgan fingerprint density at radius 1 is 1.38 bits per heavy atom. The van der Waals surface area contributed by atoms with Crippen LogP contribution in [0.3, 0.4) is 0 Å². The van der Waals surface area contributed by atoms with Crippen molar-refractivity contribution in [3.63, 3.8) is 0 Å². The quantitative estimate of drug-likeness (QED) is 0.817. The predicted molar refractivity (Wildman–Crippen MR) is 66.1 cm³/mol. The second-order valence-corrected chi connectivity index (χ2v) is 4.87. The summed E-state index contributed by atoms with van der Waals surface area (Å²) < 4.78 is 0. The number of aliphatic hydroxyl groups is 1. The molecular formula is C14H21NO. The zero-order chi connectivity index (χ0) is 11.6. The van der Waals surface area contributed by atoms with Crippen molar-refractivity contribution in [2.75, 3.05) is 6.54 Å². The van der Waals surface area contributed by atoms with Crippen LogP contribution in [0.4, 0.5) is 0 Å². The molecule has 0 heterocycles. The second-order valence-electron chi connectivity index (χ2n) is 4.87. The van der Waals surface area contributed by atoms with Gasteiger partial charge in [-0.15, -0.1) is 0 Å². The average Bonchev–Trinajstić information content (AvgIpc) is 2.28. The molecule has 1 unspecified atom stereocenters. The van der Waals surface area contributed by atoms with Crippen LogP contribution < -0.4 is 5.73 Å². The summed E-state index contributed by atoms with van der Waals surface area (Å²) in [7, 11) is 0. The molecule has 1 atom stereocenters. The number of hydrogen-bond donors (Lipinski definition) is 2. The summed E-state index contributed by atoms with van der Waals surface area (Å²) in [5.41, 5.74) is 8.11. The first-order chi connectivity index (χ1) is 7.73. The van der Waals surface area contributed by atoms with Crippen LogP contribution in [0.2, 0.25) is 0 Å². The van der Waals surface area contributed by atoms with Crippen LogP contribution in [0.25, 0.3) is 0 Å². The lowest BCUT2D eigenvalue weighted by atomic mass is 9.63. The molecule has 0 aromatic heterocycles. The SMILES string of the molecule is CCc1ccccc1C(O)C1(CN)CCC1. The van der Waals surface area contributed by atoms with Gasteiger partial charge >= 0.3 is 0 Å². The molecule has 2 nitrogen and oxygen atoms in total. The van der Waals surface area contributed by atoms with E-state index in [1.807, 2.05) is 18.2 Å². The van der Waals surface area contributed by atoms with Gasteiger partial charge in [-0.2, -0.15) is 0 Å². The summed E-state index contributed by atoms with van der Waals surface area (Å²) in [5, 5.41) is 10.5. The van der Waals surface area contributed by atoms with Gasteiger partial charge < -0.3 is 10.8 Å². The Morgan fingerprint density at radius 2 is 2.06 bits per heavy atom. The monoisotopic (exact) mass is 219 g/mol. The third kappa shape index (κ3) is 1.76. The summed E-state index contributed by atoms with van der Waals surface area (Å²) >= 11 is 0. The third-order valence-electron chi connectivity index (χ3n) is 4.07. The Morgan fingerprint density at radius 3 is 2.56 bits per heavy atom. The smallest absolute Gasteiger partial charge is 0.0860 e. The van der Waals surface area contributed by atoms with Crippen molar-refractivity contribution < 1.29 is 5.11 Å². The van der Waals surface area contributed by atoms with Gasteiger partial charge in [-0.05, 0) is 30.4 Å². The highest BCUT2D eigenvalue weighted by molar-refractivity contribution is 5.31. The minimum atomic E-state index is -0.387. The summed E-state index contributed by atoms with van der Waals surface area (Å²) in [6, 6.07) is 8.17. The highest BCUT2D eigenvalue weighted by atomic mass is 16.3. The fourth-order valence-corrected chi connectivity index (χ4v) is 2.67. The van der Waals surface area contributed by atoms with Crippen molar-refractivity contribution in [3.8, 4) is 0 Å². The molecule has 0 amide bonds. The van der Waals surface area contributed by atoms with Gasteiger partial charge in [-0.1, -0.05) is 37.6 Å². The fraction of sp³-hybridized carbons (Fsp3) is 0.571. The van der Waals surface area contributed by atoms with Gasteiger partial charge in [-0.25, -0.2) is 0 Å². The highest BCUT2D eigenvalue weighted by Crippen LogP contribution is 2.49. The summed E-state index contributed by atoms with van der Waals surface area (Å²) in [4.78, 5) is 0. The van der Waals surface area contributed by atoms with E-state index in [4.69, 9.17) is 5.73 Å². The summed E-state index contributed by atoms with van der Waals surface area (Å²) in [6.45, 7) is 2.72. The maximum absolute atomic E-state index is 10.5. The van der Waals surface area contributed by atoms with E-state index in [9.17, 15) is 5.11 Å². The molecule has 16 heavy (non-hydrogen) atoms. The molecule has 1 aromatic rings. The molecule has 1 aliphatic rings. The summed E-state index contributed by atoms with van der Waals surface area (Å²) in [5.74, 6) is 0. The summed E-state index contributed by atoms with van der Waals surface area (Å²) in [6.07, 6.45) is 3.89. The van der Waals surface area contributed by atoms with Gasteiger partial charge in [0.1, 0.15) is 0 Å². The number of aryl methyl sites for hydroxylation is 1. The molecule has 1 fully saturated rings. The Balaban J connectivity index is 2.29. The minimum Gasteiger partial charge on any atom is -0.388 e. The maximum Gasteiger partial charge on any atom is 0.0860 e. The molecule has 0 spiro atoms. The Bertz CT molecular complexity index is 352. The molecule has 0 radical (unpaired) electrons. The van der Waals surface area contributed by atoms with Gasteiger partial charge in [0.15, 0.2) is 0 Å². The van der Waals surface area contributed by atoms with Gasteiger partial charge in [0, 0.05) is 12.0 Å². The Kier molecular flexibility index (Phi) is 3.31. The van der Waals surface area contributed by atoms with E-state index in [-0.39, 0.29) is 11.5 Å². The molecule has 0 bridgehead atoms. The molecule has 1 aromatic carbocycles. The highest BCUT2D eigenvalue weighted by Gasteiger charge is 2.43. The van der Waals surface area contributed by atoms with E-state index >= 15 is 0 Å². The zero-order valence-electron chi connectivity index (χ0n) is 9.95. The minimum absolute atomic E-state index is 0.0503. The number of hydrogen-bond acceptors (Lipinski definition) is 2. The number of aliphatic hydroxyl groups excluding tert-OH is 1. The lowest BCUT2D eigenvalue weighted by molar-refractivity contribution is -0.0301. The van der Waals surface area contributed by atoms with Crippen molar-refractivity contribution in [3.05, 3.63) is 35.4 Å². The predicted octanol–water partition coefficient (Wildman–Crippen LogP) is 2.41. The largest absolute Gasteiger partial charge is 0.388 e. The zero-order valence-corrected chi connectivity index (χ0v) is 9.95. The fourth-order valence-electron chi connectivity index (χ4n) is 2.67. The Hall–Kier alpha value is -0.860. The normalized spacial score (nSPS) is 20.2. The molecule has 0 aliphatic heterocycles. The van der Waals surface area contributed by atoms with Crippen molar-refractivity contribution in [1.82, 2.24) is 0 Å². The lowest BCUT2D eigenvalue weighted by Gasteiger charge is -2.45. The first-order valence-corrected chi connectivity index (χ1v) is 6.19. The molecule has 0 saturated heterocycles. The number of benzene rings is 1. The van der Waals surface area contributed by atoms with E-state index in [2.05, 4.69) is 13.0 Å². The average molecular weight is 219 g/mol. The van der Waals surface area contributed by atoms with Crippen LogP contribution in [0.5, 0.6) is 0 Å². The van der Waals surface area contributed by atoms with Gasteiger partial charge in [-0.3, -0.25) is 0 Å². The van der Waals surface area contributed by atoms with Crippen LogP contribution in [0.15, 0.2) is 24.3 Å². The van der Waals surface area contributed by atoms with Crippen LogP contribution in [-0.4, -0.2) is 11.7 Å². The number of nitrogens with two attached hydrogens (primary N) is 1. The van der Waals surface area contributed by atoms with Crippen LogP contribution in [0.1, 0.15) is 43.4 Å². The molecule has 2 heteroatoms. The van der Waals surface area contributed by atoms with Gasteiger partial charge in [0.05, 0.1) is 6.10 Å². The Labute approximate surface area is 97.5 Å². The van der Waals surface area contributed by atoms with Crippen LogP contribution in [-0.2, 0) is 6.42 Å². The van der Waals surface area contributed by atoms with Crippen molar-refractivity contribution in [1.29, 1.82) is 0 Å². The van der Waals surface area contributed by atoms with Crippen molar-refractivity contribution in [2.45, 2.75) is 38.7 Å². The molecular weight excluding hydrogens is 198 g/mol. The van der Waals surface area contributed by atoms with E-state index in [1.165, 1.54) is 12.0 Å². The van der Waals surface area contributed by atoms with Crippen LogP contribution in [0, 0.1) is 5.41 Å². The topological polar surface area (TPSA) is 46.2 Å². The standard InChI is InChI=1S/C14H21NO/c1-2-11-6-3-4-7-12(11)13(16)14(10-15)8-5-9-14/h3-4,6-7,13,16H,2,5,8-10,15H2,1H3. The molecule has 3 N–H and O–H groups in total. The molecule has 1 aliphatic carbocycles. The van der Waals surface area contributed by atoms with Crippen molar-refractivity contribution >= 4 is 0 Å². The molecule has 2 rings (SSSR count). The van der Waals surface area contributed by atoms with E-state index in [0.717, 1.165) is 24.8 Å². The lowest BCUT2D eigenvalue weighted by Crippen LogP contribution is -2.42. The molecule has 1 saturated carbocycles. The van der Waals surface area contributed by atoms with Gasteiger partial charge in [0.2, 0.25) is 0 Å². The van der Waals surface area contributed by atoms with Gasteiger partial charge in [0.25, 0.3) is 0 Å². The van der Waals surface area contributed by atoms with Crippen LogP contribution >= 0.6 is 0 Å². The maximum atomic E-state index is 10.5. The molecule has 88 valence electrons. The van der Waals surface area contributed by atoms with E-state index in [0.29, 0.717) is 6.54 Å². The van der Waals surface area contributed by atoms with E-state index in [1.54, 1.807) is 0 Å². The first-order valence-electron chi connectivity index (χ1n) is 6.19. The van der Waals surface area contributed by atoms with Crippen molar-refractivity contribution in [2.24, 2.45) is 11.1 Å². The van der Waals surface area contributed by atoms with E-state index < -0.39 is 0 Å². The first kappa shape index (κ1) is 11.6. The number of rotatable bonds is 4. The second kappa shape index (κ2) is 4.56. The third-order valence-corrected chi connectivity index (χ3v) is 4.07.